The van der Waals surface area contributed by atoms with Gasteiger partial charge in [-0.25, -0.2) is 0 Å². The Morgan fingerprint density at radius 2 is 1.94 bits per heavy atom. The van der Waals surface area contributed by atoms with E-state index in [1.54, 1.807) is 12.1 Å². The van der Waals surface area contributed by atoms with Gasteiger partial charge in [-0.1, -0.05) is 25.1 Å². The van der Waals surface area contributed by atoms with Crippen molar-refractivity contribution in [2.24, 2.45) is 0 Å². The van der Waals surface area contributed by atoms with Gasteiger partial charge >= 0.3 is 0 Å². The second kappa shape index (κ2) is 3.84. The maximum Gasteiger partial charge on any atom is 0.273 e. The number of nitro benzene ring substituents is 1. The van der Waals surface area contributed by atoms with E-state index in [4.69, 9.17) is 4.42 Å². The molecule has 18 heavy (non-hydrogen) atoms. The molecule has 0 spiro atoms. The largest absolute Gasteiger partial charge is 0.456 e. The fourth-order valence-electron chi connectivity index (χ4n) is 2.26. The van der Waals surface area contributed by atoms with Crippen LogP contribution >= 0.6 is 0 Å². The normalized spacial score (nSPS) is 11.2. The summed E-state index contributed by atoms with van der Waals surface area (Å²) < 4.78 is 5.71. The van der Waals surface area contributed by atoms with Gasteiger partial charge in [0.1, 0.15) is 11.2 Å². The molecule has 0 amide bonds. The van der Waals surface area contributed by atoms with Crippen LogP contribution in [0.25, 0.3) is 21.9 Å². The molecule has 0 saturated heterocycles. The molecule has 0 unspecified atom stereocenters. The summed E-state index contributed by atoms with van der Waals surface area (Å²) in [6.07, 6.45) is 0.614. The highest BCUT2D eigenvalue weighted by Crippen LogP contribution is 2.33. The predicted octanol–water partition coefficient (Wildman–Crippen LogP) is 4.06. The molecule has 0 bridgehead atoms. The maximum atomic E-state index is 11.1. The Morgan fingerprint density at radius 1 is 1.17 bits per heavy atom. The van der Waals surface area contributed by atoms with Crippen molar-refractivity contribution in [3.8, 4) is 0 Å². The number of nitrogens with zero attached hydrogens (tertiary/aromatic N) is 1. The molecule has 2 aromatic carbocycles. The van der Waals surface area contributed by atoms with E-state index in [1.807, 2.05) is 31.2 Å². The average molecular weight is 241 g/mol. The molecule has 3 rings (SSSR count). The van der Waals surface area contributed by atoms with Crippen LogP contribution in [0.4, 0.5) is 5.69 Å². The van der Waals surface area contributed by atoms with Crippen molar-refractivity contribution >= 4 is 27.6 Å². The molecule has 0 saturated carbocycles. The second-order valence-electron chi connectivity index (χ2n) is 4.19. The molecule has 1 heterocycles. The number of furan rings is 1. The van der Waals surface area contributed by atoms with E-state index in [-0.39, 0.29) is 10.6 Å². The minimum absolute atomic E-state index is 0.163. The lowest BCUT2D eigenvalue weighted by Gasteiger charge is -1.99. The van der Waals surface area contributed by atoms with Crippen LogP contribution in [0.2, 0.25) is 0 Å². The smallest absolute Gasteiger partial charge is 0.273 e. The van der Waals surface area contributed by atoms with Gasteiger partial charge in [0.15, 0.2) is 0 Å². The van der Waals surface area contributed by atoms with Gasteiger partial charge in [-0.15, -0.1) is 0 Å². The summed E-state index contributed by atoms with van der Waals surface area (Å²) >= 11 is 0. The molecule has 90 valence electrons. The van der Waals surface area contributed by atoms with E-state index in [0.717, 1.165) is 16.4 Å². The van der Waals surface area contributed by atoms with Gasteiger partial charge in [-0.2, -0.15) is 0 Å². The van der Waals surface area contributed by atoms with Crippen LogP contribution in [0.5, 0.6) is 0 Å². The molecule has 4 nitrogen and oxygen atoms in total. The van der Waals surface area contributed by atoms with Crippen molar-refractivity contribution in [3.05, 3.63) is 52.1 Å². The highest BCUT2D eigenvalue weighted by atomic mass is 16.6. The zero-order valence-corrected chi connectivity index (χ0v) is 9.84. The Hall–Kier alpha value is -2.36. The summed E-state index contributed by atoms with van der Waals surface area (Å²) in [7, 11) is 0. The molecule has 1 aromatic heterocycles. The van der Waals surface area contributed by atoms with Crippen LogP contribution < -0.4 is 0 Å². The summed E-state index contributed by atoms with van der Waals surface area (Å²) in [6.45, 7) is 1.90. The Balaban J connectivity index is 2.44. The minimum atomic E-state index is -0.333. The number of fused-ring (bicyclic) bond motifs is 3. The van der Waals surface area contributed by atoms with Crippen LogP contribution in [0, 0.1) is 10.1 Å². The predicted molar refractivity (Wildman–Crippen MR) is 69.8 cm³/mol. The molecule has 0 radical (unpaired) electrons. The molecule has 0 aliphatic heterocycles. The van der Waals surface area contributed by atoms with E-state index in [2.05, 4.69) is 0 Å². The SMILES string of the molecule is CCc1cc2oc3ccccc3c2cc1[N+](=O)[O-]. The van der Waals surface area contributed by atoms with E-state index in [9.17, 15) is 10.1 Å². The number of hydrogen-bond donors (Lipinski definition) is 0. The van der Waals surface area contributed by atoms with E-state index in [0.29, 0.717) is 17.6 Å². The number of aryl methyl sites for hydroxylation is 1. The van der Waals surface area contributed by atoms with Gasteiger partial charge in [-0.05, 0) is 18.6 Å². The third-order valence-corrected chi connectivity index (χ3v) is 3.16. The van der Waals surface area contributed by atoms with Crippen LogP contribution in [0.15, 0.2) is 40.8 Å². The molecular formula is C14H11NO3. The first-order valence-electron chi connectivity index (χ1n) is 5.79. The number of hydrogen-bond acceptors (Lipinski definition) is 3. The highest BCUT2D eigenvalue weighted by Gasteiger charge is 2.17. The van der Waals surface area contributed by atoms with Crippen LogP contribution in [0.3, 0.4) is 0 Å². The molecule has 4 heteroatoms. The van der Waals surface area contributed by atoms with E-state index in [1.165, 1.54) is 0 Å². The fourth-order valence-corrected chi connectivity index (χ4v) is 2.26. The first kappa shape index (κ1) is 10.8. The maximum absolute atomic E-state index is 11.1. The Bertz CT molecular complexity index is 758. The van der Waals surface area contributed by atoms with Crippen molar-refractivity contribution in [1.29, 1.82) is 0 Å². The molecule has 0 fully saturated rings. The monoisotopic (exact) mass is 241 g/mol. The molecule has 3 aromatic rings. The zero-order chi connectivity index (χ0) is 12.7. The second-order valence-corrected chi connectivity index (χ2v) is 4.19. The third kappa shape index (κ3) is 1.46. The lowest BCUT2D eigenvalue weighted by Crippen LogP contribution is -1.93. The van der Waals surface area contributed by atoms with Gasteiger partial charge in [0.2, 0.25) is 0 Å². The first-order chi connectivity index (χ1) is 8.70. The summed E-state index contributed by atoms with van der Waals surface area (Å²) in [5.74, 6) is 0. The Morgan fingerprint density at radius 3 is 2.67 bits per heavy atom. The van der Waals surface area contributed by atoms with Crippen molar-refractivity contribution in [2.75, 3.05) is 0 Å². The lowest BCUT2D eigenvalue weighted by molar-refractivity contribution is -0.385. The zero-order valence-electron chi connectivity index (χ0n) is 9.84. The first-order valence-corrected chi connectivity index (χ1v) is 5.79. The van der Waals surface area contributed by atoms with Gasteiger partial charge in [0.05, 0.1) is 4.92 Å². The molecule has 0 N–H and O–H groups in total. The standard InChI is InChI=1S/C14H11NO3/c1-2-9-7-14-11(8-12(9)15(16)17)10-5-3-4-6-13(10)18-14/h3-8H,2H2,1H3. The topological polar surface area (TPSA) is 56.3 Å². The van der Waals surface area contributed by atoms with Gasteiger partial charge in [0, 0.05) is 22.4 Å². The van der Waals surface area contributed by atoms with Crippen LogP contribution in [-0.2, 0) is 6.42 Å². The Kier molecular flexibility index (Phi) is 2.30. The van der Waals surface area contributed by atoms with Crippen LogP contribution in [0.1, 0.15) is 12.5 Å². The number of benzene rings is 2. The number of para-hydroxylation sites is 1. The molecule has 0 atom stereocenters. The minimum Gasteiger partial charge on any atom is -0.456 e. The van der Waals surface area contributed by atoms with E-state index >= 15 is 0 Å². The van der Waals surface area contributed by atoms with Crippen molar-refractivity contribution in [2.45, 2.75) is 13.3 Å². The molecule has 0 aliphatic rings. The molecule has 0 aliphatic carbocycles. The summed E-state index contributed by atoms with van der Waals surface area (Å²) in [6, 6.07) is 11.0. The summed E-state index contributed by atoms with van der Waals surface area (Å²) in [4.78, 5) is 10.7. The summed E-state index contributed by atoms with van der Waals surface area (Å²) in [5.41, 5.74) is 2.33. The number of nitro groups is 1. The fraction of sp³-hybridized carbons (Fsp3) is 0.143. The van der Waals surface area contributed by atoms with Crippen molar-refractivity contribution in [1.82, 2.24) is 0 Å². The third-order valence-electron chi connectivity index (χ3n) is 3.16. The van der Waals surface area contributed by atoms with Gasteiger partial charge in [0.25, 0.3) is 5.69 Å². The Labute approximate surface area is 103 Å². The lowest BCUT2D eigenvalue weighted by atomic mass is 10.1. The van der Waals surface area contributed by atoms with Gasteiger partial charge in [-0.3, -0.25) is 10.1 Å². The summed E-state index contributed by atoms with van der Waals surface area (Å²) in [5, 5.41) is 12.8. The average Bonchev–Trinajstić information content (AvgIpc) is 2.74. The highest BCUT2D eigenvalue weighted by molar-refractivity contribution is 6.05. The van der Waals surface area contributed by atoms with Crippen LogP contribution in [-0.4, -0.2) is 4.92 Å². The van der Waals surface area contributed by atoms with Gasteiger partial charge < -0.3 is 4.42 Å². The quantitative estimate of drug-likeness (QED) is 0.502. The van der Waals surface area contributed by atoms with E-state index < -0.39 is 0 Å². The van der Waals surface area contributed by atoms with Crippen molar-refractivity contribution in [3.63, 3.8) is 0 Å². The molecular weight excluding hydrogens is 230 g/mol. The van der Waals surface area contributed by atoms with Crippen molar-refractivity contribution < 1.29 is 9.34 Å². The number of rotatable bonds is 2.